The Morgan fingerprint density at radius 3 is 2.40 bits per heavy atom. The number of morpholine rings is 1. The number of nitrogens with zero attached hydrogens (tertiary/aromatic N) is 4. The van der Waals surface area contributed by atoms with Crippen molar-refractivity contribution in [3.8, 4) is 0 Å². The molecule has 0 bridgehead atoms. The molecule has 6 heteroatoms. The molecule has 2 heterocycles. The molecule has 30 heavy (non-hydrogen) atoms. The van der Waals surface area contributed by atoms with Crippen LogP contribution < -0.4 is 5.32 Å². The summed E-state index contributed by atoms with van der Waals surface area (Å²) in [5.41, 5.74) is 2.69. The number of rotatable bonds is 8. The van der Waals surface area contributed by atoms with Crippen LogP contribution in [-0.4, -0.2) is 65.2 Å². The first kappa shape index (κ1) is 21.2. The van der Waals surface area contributed by atoms with E-state index in [-0.39, 0.29) is 0 Å². The van der Waals surface area contributed by atoms with E-state index in [2.05, 4.69) is 44.3 Å². The van der Waals surface area contributed by atoms with Gasteiger partial charge in [-0.3, -0.25) is 4.90 Å². The van der Waals surface area contributed by atoms with Gasteiger partial charge < -0.3 is 15.0 Å². The minimum atomic E-state index is 0.300. The lowest BCUT2D eigenvalue weighted by molar-refractivity contribution is -0.0491. The zero-order valence-corrected chi connectivity index (χ0v) is 18.2. The zero-order valence-electron chi connectivity index (χ0n) is 18.2. The third-order valence-corrected chi connectivity index (χ3v) is 6.48. The van der Waals surface area contributed by atoms with Gasteiger partial charge in [0.05, 0.1) is 13.2 Å². The quantitative estimate of drug-likeness (QED) is 0.720. The molecule has 2 fully saturated rings. The predicted molar refractivity (Wildman–Crippen MR) is 120 cm³/mol. The minimum absolute atomic E-state index is 0.300. The summed E-state index contributed by atoms with van der Waals surface area (Å²) in [5.74, 6) is 0.683. The highest BCUT2D eigenvalue weighted by molar-refractivity contribution is 5.27. The molecule has 2 aromatic rings. The van der Waals surface area contributed by atoms with E-state index in [9.17, 15) is 0 Å². The van der Waals surface area contributed by atoms with Crippen LogP contribution in [0.3, 0.4) is 0 Å². The van der Waals surface area contributed by atoms with Gasteiger partial charge in [-0.05, 0) is 25.5 Å². The second-order valence-corrected chi connectivity index (χ2v) is 8.81. The Balaban J connectivity index is 1.32. The highest BCUT2D eigenvalue weighted by Gasteiger charge is 2.39. The summed E-state index contributed by atoms with van der Waals surface area (Å²) >= 11 is 0. The molecule has 0 unspecified atom stereocenters. The van der Waals surface area contributed by atoms with Crippen LogP contribution in [0, 0.1) is 0 Å². The topological polar surface area (TPSA) is 53.5 Å². The van der Waals surface area contributed by atoms with Gasteiger partial charge >= 0.3 is 0 Å². The van der Waals surface area contributed by atoms with Crippen LogP contribution in [0.4, 0.5) is 5.95 Å². The zero-order chi connectivity index (χ0) is 20.7. The van der Waals surface area contributed by atoms with Crippen LogP contribution in [0.25, 0.3) is 0 Å². The summed E-state index contributed by atoms with van der Waals surface area (Å²) in [4.78, 5) is 14.2. The van der Waals surface area contributed by atoms with Crippen LogP contribution >= 0.6 is 0 Å². The molecular formula is C24H35N5O. The molecule has 1 N–H and O–H groups in total. The molecule has 1 aliphatic heterocycles. The van der Waals surface area contributed by atoms with Crippen molar-refractivity contribution in [1.82, 2.24) is 19.8 Å². The van der Waals surface area contributed by atoms with E-state index in [1.807, 2.05) is 30.6 Å². The van der Waals surface area contributed by atoms with Crippen molar-refractivity contribution in [1.29, 1.82) is 0 Å². The Labute approximate surface area is 180 Å². The van der Waals surface area contributed by atoms with Crippen LogP contribution in [0.1, 0.15) is 43.2 Å². The Hall–Kier alpha value is -2.02. The smallest absolute Gasteiger partial charge is 0.222 e. The highest BCUT2D eigenvalue weighted by Crippen LogP contribution is 2.35. The standard InChI is InChI=1S/C24H35N5O/c1-28(20-24(10-6-3-7-11-24)29-12-14-30-15-13-29)19-22-17-26-23(27-18-22)25-16-21-8-4-2-5-9-21/h2,4-5,8-9,17-18H,3,6-7,10-16,19-20H2,1H3,(H,25,26,27). The van der Waals surface area contributed by atoms with Crippen molar-refractivity contribution < 1.29 is 4.74 Å². The first-order valence-electron chi connectivity index (χ1n) is 11.3. The van der Waals surface area contributed by atoms with Crippen LogP contribution in [0.5, 0.6) is 0 Å². The van der Waals surface area contributed by atoms with Gasteiger partial charge in [0.15, 0.2) is 0 Å². The number of nitrogens with one attached hydrogen (secondary N) is 1. The Kier molecular flexibility index (Phi) is 7.31. The molecule has 0 atom stereocenters. The molecule has 1 aromatic carbocycles. The fourth-order valence-electron chi connectivity index (χ4n) is 5.00. The Bertz CT molecular complexity index is 755. The van der Waals surface area contributed by atoms with Crippen molar-refractivity contribution in [2.75, 3.05) is 45.2 Å². The van der Waals surface area contributed by atoms with Crippen molar-refractivity contribution in [2.45, 2.75) is 50.7 Å². The van der Waals surface area contributed by atoms with Crippen LogP contribution in [0.2, 0.25) is 0 Å². The third kappa shape index (κ3) is 5.56. The number of ether oxygens (including phenoxy) is 1. The lowest BCUT2D eigenvalue weighted by atomic mass is 9.79. The van der Waals surface area contributed by atoms with Gasteiger partial charge in [-0.2, -0.15) is 0 Å². The lowest BCUT2D eigenvalue weighted by Gasteiger charge is -2.49. The largest absolute Gasteiger partial charge is 0.379 e. The number of likely N-dealkylation sites (N-methyl/N-ethyl adjacent to an activating group) is 1. The molecular weight excluding hydrogens is 374 g/mol. The molecule has 1 aromatic heterocycles. The summed E-state index contributed by atoms with van der Waals surface area (Å²) in [6.07, 6.45) is 10.6. The van der Waals surface area contributed by atoms with Crippen LogP contribution in [-0.2, 0) is 17.8 Å². The maximum atomic E-state index is 5.62. The van der Waals surface area contributed by atoms with E-state index >= 15 is 0 Å². The molecule has 4 rings (SSSR count). The van der Waals surface area contributed by atoms with Gasteiger partial charge in [-0.15, -0.1) is 0 Å². The minimum Gasteiger partial charge on any atom is -0.379 e. The van der Waals surface area contributed by atoms with Gasteiger partial charge in [-0.1, -0.05) is 49.6 Å². The first-order chi connectivity index (χ1) is 14.7. The predicted octanol–water partition coefficient (Wildman–Crippen LogP) is 3.56. The number of benzene rings is 1. The number of aromatic nitrogens is 2. The lowest BCUT2D eigenvalue weighted by Crippen LogP contribution is -2.59. The van der Waals surface area contributed by atoms with Gasteiger partial charge in [0.25, 0.3) is 0 Å². The molecule has 0 radical (unpaired) electrons. The number of anilines is 1. The van der Waals surface area contributed by atoms with Gasteiger partial charge in [-0.25, -0.2) is 9.97 Å². The molecule has 1 saturated carbocycles. The summed E-state index contributed by atoms with van der Waals surface area (Å²) in [6.45, 7) is 6.60. The van der Waals surface area contributed by atoms with Crippen molar-refractivity contribution in [3.05, 3.63) is 53.9 Å². The van der Waals surface area contributed by atoms with E-state index in [1.165, 1.54) is 37.7 Å². The summed E-state index contributed by atoms with van der Waals surface area (Å²) < 4.78 is 5.62. The molecule has 162 valence electrons. The average Bonchev–Trinajstić information content (AvgIpc) is 2.80. The molecule has 2 aliphatic rings. The molecule has 0 amide bonds. The van der Waals surface area contributed by atoms with E-state index in [0.29, 0.717) is 11.5 Å². The second-order valence-electron chi connectivity index (χ2n) is 8.81. The molecule has 6 nitrogen and oxygen atoms in total. The van der Waals surface area contributed by atoms with Crippen LogP contribution in [0.15, 0.2) is 42.7 Å². The first-order valence-corrected chi connectivity index (χ1v) is 11.3. The Morgan fingerprint density at radius 2 is 1.70 bits per heavy atom. The fraction of sp³-hybridized carbons (Fsp3) is 0.583. The number of hydrogen-bond acceptors (Lipinski definition) is 6. The Morgan fingerprint density at radius 1 is 1.00 bits per heavy atom. The van der Waals surface area contributed by atoms with Crippen molar-refractivity contribution >= 4 is 5.95 Å². The van der Waals surface area contributed by atoms with E-state index in [1.54, 1.807) is 0 Å². The third-order valence-electron chi connectivity index (χ3n) is 6.48. The van der Waals surface area contributed by atoms with Gasteiger partial charge in [0.1, 0.15) is 0 Å². The van der Waals surface area contributed by atoms with Gasteiger partial charge in [0, 0.05) is 56.2 Å². The number of hydrogen-bond donors (Lipinski definition) is 1. The van der Waals surface area contributed by atoms with E-state index in [0.717, 1.165) is 51.5 Å². The second kappa shape index (κ2) is 10.3. The van der Waals surface area contributed by atoms with Crippen molar-refractivity contribution in [3.63, 3.8) is 0 Å². The van der Waals surface area contributed by atoms with Gasteiger partial charge in [0.2, 0.25) is 5.95 Å². The molecule has 1 saturated heterocycles. The fourth-order valence-corrected chi connectivity index (χ4v) is 5.00. The average molecular weight is 410 g/mol. The molecule has 0 spiro atoms. The summed E-state index contributed by atoms with van der Waals surface area (Å²) in [5, 5.41) is 3.30. The summed E-state index contributed by atoms with van der Waals surface area (Å²) in [7, 11) is 2.23. The monoisotopic (exact) mass is 409 g/mol. The van der Waals surface area contributed by atoms with E-state index in [4.69, 9.17) is 4.74 Å². The van der Waals surface area contributed by atoms with E-state index < -0.39 is 0 Å². The maximum Gasteiger partial charge on any atom is 0.222 e. The SMILES string of the molecule is CN(Cc1cnc(NCc2ccccc2)nc1)CC1(N2CCOCC2)CCCCC1. The normalized spacial score (nSPS) is 19.7. The molecule has 1 aliphatic carbocycles. The van der Waals surface area contributed by atoms with Crippen molar-refractivity contribution in [2.24, 2.45) is 0 Å². The highest BCUT2D eigenvalue weighted by atomic mass is 16.5. The maximum absolute atomic E-state index is 5.62. The summed E-state index contributed by atoms with van der Waals surface area (Å²) in [6, 6.07) is 10.3.